The summed E-state index contributed by atoms with van der Waals surface area (Å²) in [7, 11) is 0. The van der Waals surface area contributed by atoms with E-state index in [1.54, 1.807) is 12.1 Å². The van der Waals surface area contributed by atoms with Crippen molar-refractivity contribution in [3.05, 3.63) is 36.2 Å². The minimum atomic E-state index is -4.32. The van der Waals surface area contributed by atoms with Crippen molar-refractivity contribution in [2.75, 3.05) is 6.61 Å². The third kappa shape index (κ3) is 4.82. The molecule has 8 heteroatoms. The Labute approximate surface area is 111 Å². The van der Waals surface area contributed by atoms with Crippen molar-refractivity contribution in [3.8, 4) is 5.75 Å². The van der Waals surface area contributed by atoms with Crippen LogP contribution in [0.5, 0.6) is 5.75 Å². The molecule has 0 aliphatic heterocycles. The van der Waals surface area contributed by atoms with E-state index < -0.39 is 12.8 Å². The third-order valence-electron chi connectivity index (χ3n) is 2.09. The van der Waals surface area contributed by atoms with Gasteiger partial charge in [0, 0.05) is 5.75 Å². The highest BCUT2D eigenvalue weighted by atomic mass is 32.2. The van der Waals surface area contributed by atoms with E-state index in [1.807, 2.05) is 0 Å². The van der Waals surface area contributed by atoms with Crippen molar-refractivity contribution in [1.82, 2.24) is 15.2 Å². The molecule has 2 rings (SSSR count). The van der Waals surface area contributed by atoms with Crippen LogP contribution < -0.4 is 4.74 Å². The van der Waals surface area contributed by atoms with Gasteiger partial charge in [-0.05, 0) is 17.7 Å². The lowest BCUT2D eigenvalue weighted by Crippen LogP contribution is -2.19. The minimum Gasteiger partial charge on any atom is -0.484 e. The van der Waals surface area contributed by atoms with Gasteiger partial charge in [0.2, 0.25) is 0 Å². The molecule has 0 spiro atoms. The zero-order valence-corrected chi connectivity index (χ0v) is 10.5. The van der Waals surface area contributed by atoms with Crippen molar-refractivity contribution in [3.63, 3.8) is 0 Å². The summed E-state index contributed by atoms with van der Waals surface area (Å²) in [6.45, 7) is -1.28. The molecule has 0 amide bonds. The molecule has 0 fully saturated rings. The lowest BCUT2D eigenvalue weighted by Gasteiger charge is -2.09. The molecule has 102 valence electrons. The van der Waals surface area contributed by atoms with Gasteiger partial charge in [-0.1, -0.05) is 23.9 Å². The normalized spacial score (nSPS) is 11.5. The molecule has 0 saturated heterocycles. The first-order chi connectivity index (χ1) is 9.03. The zero-order valence-electron chi connectivity index (χ0n) is 9.65. The molecule has 1 N–H and O–H groups in total. The van der Waals surface area contributed by atoms with Gasteiger partial charge in [0.1, 0.15) is 12.1 Å². The number of aromatic amines is 1. The SMILES string of the molecule is FC(F)(F)COc1ccc(CSc2ncn[nH]2)cc1. The first-order valence-electron chi connectivity index (χ1n) is 5.29. The standard InChI is InChI=1S/C11H10F3N3OS/c12-11(13,14)6-18-9-3-1-8(2-4-9)5-19-10-15-7-16-17-10/h1-4,7H,5-6H2,(H,15,16,17). The predicted molar refractivity (Wildman–Crippen MR) is 63.9 cm³/mol. The van der Waals surface area contributed by atoms with Gasteiger partial charge in [0.05, 0.1) is 0 Å². The number of halogens is 3. The van der Waals surface area contributed by atoms with Crippen molar-refractivity contribution in [2.24, 2.45) is 0 Å². The molecule has 0 radical (unpaired) electrons. The van der Waals surface area contributed by atoms with Crippen LogP contribution in [0.25, 0.3) is 0 Å². The Kier molecular flexibility index (Phi) is 4.31. The highest BCUT2D eigenvalue weighted by Gasteiger charge is 2.28. The Morgan fingerprint density at radius 3 is 2.53 bits per heavy atom. The third-order valence-corrected chi connectivity index (χ3v) is 3.04. The number of alkyl halides is 3. The van der Waals surface area contributed by atoms with Gasteiger partial charge in [-0.15, -0.1) is 0 Å². The van der Waals surface area contributed by atoms with Gasteiger partial charge in [0.15, 0.2) is 11.8 Å². The van der Waals surface area contributed by atoms with Gasteiger partial charge in [-0.3, -0.25) is 5.10 Å². The van der Waals surface area contributed by atoms with E-state index in [0.29, 0.717) is 10.9 Å². The number of nitrogens with one attached hydrogen (secondary N) is 1. The van der Waals surface area contributed by atoms with Gasteiger partial charge >= 0.3 is 6.18 Å². The lowest BCUT2D eigenvalue weighted by molar-refractivity contribution is -0.153. The first kappa shape index (κ1) is 13.7. The second kappa shape index (κ2) is 5.96. The smallest absolute Gasteiger partial charge is 0.422 e. The molecular weight excluding hydrogens is 279 g/mol. The number of nitrogens with zero attached hydrogens (tertiary/aromatic N) is 2. The van der Waals surface area contributed by atoms with Crippen LogP contribution in [0.3, 0.4) is 0 Å². The minimum absolute atomic E-state index is 0.200. The zero-order chi connectivity index (χ0) is 13.7. The van der Waals surface area contributed by atoms with E-state index in [-0.39, 0.29) is 5.75 Å². The Bertz CT molecular complexity index is 499. The van der Waals surface area contributed by atoms with E-state index in [0.717, 1.165) is 5.56 Å². The number of benzene rings is 1. The molecule has 1 aromatic carbocycles. The number of thioether (sulfide) groups is 1. The quantitative estimate of drug-likeness (QED) is 0.860. The fourth-order valence-electron chi connectivity index (χ4n) is 1.26. The molecule has 1 aromatic heterocycles. The average Bonchev–Trinajstić information content (AvgIpc) is 2.87. The van der Waals surface area contributed by atoms with Gasteiger partial charge < -0.3 is 4.74 Å². The molecule has 4 nitrogen and oxygen atoms in total. The summed E-state index contributed by atoms with van der Waals surface area (Å²) in [5.74, 6) is 0.847. The Balaban J connectivity index is 1.84. The molecule has 0 atom stereocenters. The van der Waals surface area contributed by atoms with Crippen LogP contribution in [0.4, 0.5) is 13.2 Å². The predicted octanol–water partition coefficient (Wildman–Crippen LogP) is 3.04. The summed E-state index contributed by atoms with van der Waals surface area (Å²) in [6, 6.07) is 6.47. The monoisotopic (exact) mass is 289 g/mol. The Hall–Kier alpha value is -1.70. The number of hydrogen-bond acceptors (Lipinski definition) is 4. The maximum atomic E-state index is 12.0. The van der Waals surface area contributed by atoms with E-state index in [9.17, 15) is 13.2 Å². The second-order valence-electron chi connectivity index (χ2n) is 3.63. The topological polar surface area (TPSA) is 50.8 Å². The van der Waals surface area contributed by atoms with Crippen molar-refractivity contribution in [2.45, 2.75) is 17.1 Å². The van der Waals surface area contributed by atoms with Gasteiger partial charge in [-0.25, -0.2) is 4.98 Å². The molecule has 0 unspecified atom stereocenters. The van der Waals surface area contributed by atoms with Crippen molar-refractivity contribution < 1.29 is 17.9 Å². The first-order valence-corrected chi connectivity index (χ1v) is 6.28. The van der Waals surface area contributed by atoms with E-state index in [2.05, 4.69) is 19.9 Å². The number of H-pyrrole nitrogens is 1. The maximum Gasteiger partial charge on any atom is 0.422 e. The Morgan fingerprint density at radius 2 is 1.95 bits per heavy atom. The fraction of sp³-hybridized carbons (Fsp3) is 0.273. The van der Waals surface area contributed by atoms with Crippen molar-refractivity contribution in [1.29, 1.82) is 0 Å². The molecule has 2 aromatic rings. The summed E-state index contributed by atoms with van der Waals surface area (Å²) < 4.78 is 40.5. The highest BCUT2D eigenvalue weighted by Crippen LogP contribution is 2.22. The van der Waals surface area contributed by atoms with E-state index in [4.69, 9.17) is 0 Å². The molecule has 0 aliphatic carbocycles. The summed E-state index contributed by atoms with van der Waals surface area (Å²) in [5.41, 5.74) is 0.959. The average molecular weight is 289 g/mol. The van der Waals surface area contributed by atoms with Crippen LogP contribution in [-0.2, 0) is 5.75 Å². The van der Waals surface area contributed by atoms with Crippen LogP contribution in [0.1, 0.15) is 5.56 Å². The van der Waals surface area contributed by atoms with E-state index in [1.165, 1.54) is 30.2 Å². The molecule has 0 saturated carbocycles. The Morgan fingerprint density at radius 1 is 1.21 bits per heavy atom. The van der Waals surface area contributed by atoms with Gasteiger partial charge in [0.25, 0.3) is 0 Å². The highest BCUT2D eigenvalue weighted by molar-refractivity contribution is 7.98. The summed E-state index contributed by atoms with van der Waals surface area (Å²) in [6.07, 6.45) is -2.91. The number of ether oxygens (including phenoxy) is 1. The molecule has 0 bridgehead atoms. The summed E-state index contributed by atoms with van der Waals surface area (Å²) in [4.78, 5) is 3.95. The largest absolute Gasteiger partial charge is 0.484 e. The van der Waals surface area contributed by atoms with E-state index >= 15 is 0 Å². The van der Waals surface area contributed by atoms with Crippen LogP contribution >= 0.6 is 11.8 Å². The summed E-state index contributed by atoms with van der Waals surface area (Å²) in [5, 5.41) is 7.11. The molecule has 1 heterocycles. The van der Waals surface area contributed by atoms with Gasteiger partial charge in [-0.2, -0.15) is 18.3 Å². The number of rotatable bonds is 5. The van der Waals surface area contributed by atoms with Crippen LogP contribution in [0.15, 0.2) is 35.7 Å². The lowest BCUT2D eigenvalue weighted by atomic mass is 10.2. The second-order valence-corrected chi connectivity index (χ2v) is 4.59. The molecule has 19 heavy (non-hydrogen) atoms. The summed E-state index contributed by atoms with van der Waals surface area (Å²) >= 11 is 1.45. The molecular formula is C11H10F3N3OS. The van der Waals surface area contributed by atoms with Crippen molar-refractivity contribution >= 4 is 11.8 Å². The molecule has 0 aliphatic rings. The van der Waals surface area contributed by atoms with Crippen LogP contribution in [-0.4, -0.2) is 28.0 Å². The maximum absolute atomic E-state index is 12.0. The number of aromatic nitrogens is 3. The van der Waals surface area contributed by atoms with Crippen LogP contribution in [0, 0.1) is 0 Å². The van der Waals surface area contributed by atoms with Crippen LogP contribution in [0.2, 0.25) is 0 Å². The number of hydrogen-bond donors (Lipinski definition) is 1. The fourth-order valence-corrected chi connectivity index (χ4v) is 2.00.